The van der Waals surface area contributed by atoms with Crippen molar-refractivity contribution in [1.29, 1.82) is 0 Å². The molecule has 0 amide bonds. The summed E-state index contributed by atoms with van der Waals surface area (Å²) in [6.45, 7) is 2.53. The molecule has 2 rings (SSSR count). The lowest BCUT2D eigenvalue weighted by molar-refractivity contribution is 0.300. The van der Waals surface area contributed by atoms with Crippen LogP contribution in [-0.4, -0.2) is 7.11 Å². The van der Waals surface area contributed by atoms with E-state index in [-0.39, 0.29) is 0 Å². The van der Waals surface area contributed by atoms with Crippen molar-refractivity contribution in [1.82, 2.24) is 0 Å². The van der Waals surface area contributed by atoms with E-state index < -0.39 is 0 Å². The molecule has 2 aromatic carbocycles. The molecule has 2 aromatic rings. The number of rotatable bonds is 5. The summed E-state index contributed by atoms with van der Waals surface area (Å²) in [6, 6.07) is 9.99. The number of benzene rings is 2. The van der Waals surface area contributed by atoms with E-state index in [1.165, 1.54) is 0 Å². The van der Waals surface area contributed by atoms with Gasteiger partial charge < -0.3 is 9.47 Å². The van der Waals surface area contributed by atoms with Gasteiger partial charge in [-0.25, -0.2) is 0 Å². The fourth-order valence-electron chi connectivity index (χ4n) is 2.04. The molecule has 0 aliphatic heterocycles. The van der Waals surface area contributed by atoms with Crippen LogP contribution in [0.5, 0.6) is 11.5 Å². The minimum atomic E-state index is 0.486. The monoisotopic (exact) mass is 476 g/mol. The molecule has 0 saturated heterocycles. The number of ether oxygens (including phenoxy) is 2. The number of methoxy groups -OCH3 is 1. The van der Waals surface area contributed by atoms with E-state index in [0.29, 0.717) is 6.61 Å². The van der Waals surface area contributed by atoms with Crippen LogP contribution >= 0.6 is 47.8 Å². The zero-order chi connectivity index (χ0) is 15.4. The lowest BCUT2D eigenvalue weighted by atomic mass is 10.1. The van der Waals surface area contributed by atoms with E-state index >= 15 is 0 Å². The largest absolute Gasteiger partial charge is 0.497 e. The van der Waals surface area contributed by atoms with Crippen molar-refractivity contribution in [3.63, 3.8) is 0 Å². The van der Waals surface area contributed by atoms with Crippen LogP contribution in [-0.2, 0) is 11.9 Å². The van der Waals surface area contributed by atoms with Crippen molar-refractivity contribution >= 4 is 47.8 Å². The molecule has 0 saturated carbocycles. The molecule has 0 aromatic heterocycles. The molecule has 0 bridgehead atoms. The second kappa shape index (κ2) is 7.65. The SMILES string of the molecule is COc1ccc(Br)c(COc2c(C)cc(Br)cc2CBr)c1. The third kappa shape index (κ3) is 4.24. The van der Waals surface area contributed by atoms with Gasteiger partial charge in [-0.3, -0.25) is 0 Å². The van der Waals surface area contributed by atoms with E-state index in [1.54, 1.807) is 7.11 Å². The van der Waals surface area contributed by atoms with Crippen molar-refractivity contribution in [2.24, 2.45) is 0 Å². The second-order valence-electron chi connectivity index (χ2n) is 4.59. The molecule has 0 radical (unpaired) electrons. The van der Waals surface area contributed by atoms with Gasteiger partial charge in [-0.15, -0.1) is 0 Å². The van der Waals surface area contributed by atoms with Crippen LogP contribution in [0.4, 0.5) is 0 Å². The van der Waals surface area contributed by atoms with Gasteiger partial charge in [-0.1, -0.05) is 47.8 Å². The first-order valence-corrected chi connectivity index (χ1v) is 9.06. The fourth-order valence-corrected chi connectivity index (χ4v) is 3.44. The maximum absolute atomic E-state index is 6.04. The lowest BCUT2D eigenvalue weighted by Crippen LogP contribution is -2.01. The molecule has 0 atom stereocenters. The first-order chi connectivity index (χ1) is 10.0. The van der Waals surface area contributed by atoms with Gasteiger partial charge in [0.1, 0.15) is 18.1 Å². The van der Waals surface area contributed by atoms with Crippen LogP contribution in [0, 0.1) is 6.92 Å². The molecule has 21 heavy (non-hydrogen) atoms. The normalized spacial score (nSPS) is 10.5. The average Bonchev–Trinajstić information content (AvgIpc) is 2.47. The lowest BCUT2D eigenvalue weighted by Gasteiger charge is -2.15. The van der Waals surface area contributed by atoms with Crippen LogP contribution in [0.1, 0.15) is 16.7 Å². The molecule has 0 heterocycles. The van der Waals surface area contributed by atoms with Crippen molar-refractivity contribution in [2.45, 2.75) is 18.9 Å². The number of hydrogen-bond acceptors (Lipinski definition) is 2. The summed E-state index contributed by atoms with van der Waals surface area (Å²) >= 11 is 10.6. The van der Waals surface area contributed by atoms with Gasteiger partial charge in [0.25, 0.3) is 0 Å². The molecule has 0 spiro atoms. The van der Waals surface area contributed by atoms with Gasteiger partial charge in [0.2, 0.25) is 0 Å². The summed E-state index contributed by atoms with van der Waals surface area (Å²) in [4.78, 5) is 0. The minimum absolute atomic E-state index is 0.486. The first kappa shape index (κ1) is 16.8. The van der Waals surface area contributed by atoms with E-state index in [0.717, 1.165) is 42.5 Å². The maximum Gasteiger partial charge on any atom is 0.126 e. The Balaban J connectivity index is 2.24. The van der Waals surface area contributed by atoms with E-state index in [4.69, 9.17) is 9.47 Å². The number of halogens is 3. The molecule has 0 aliphatic rings. The molecule has 0 fully saturated rings. The molecule has 0 unspecified atom stereocenters. The average molecular weight is 479 g/mol. The molecule has 112 valence electrons. The number of aryl methyl sites for hydroxylation is 1. The molecule has 0 aliphatic carbocycles. The molecular formula is C16H15Br3O2. The van der Waals surface area contributed by atoms with Gasteiger partial charge in [0.15, 0.2) is 0 Å². The highest BCUT2D eigenvalue weighted by atomic mass is 79.9. The Morgan fingerprint density at radius 3 is 2.48 bits per heavy atom. The Morgan fingerprint density at radius 1 is 1.05 bits per heavy atom. The standard InChI is InChI=1S/C16H15Br3O2/c1-10-5-13(18)6-11(8-17)16(10)21-9-12-7-14(20-2)3-4-15(12)19/h3-7H,8-9H2,1-2H3. The van der Waals surface area contributed by atoms with Gasteiger partial charge in [-0.05, 0) is 42.8 Å². The minimum Gasteiger partial charge on any atom is -0.497 e. The zero-order valence-corrected chi connectivity index (χ0v) is 16.5. The van der Waals surface area contributed by atoms with E-state index in [2.05, 4.69) is 59.9 Å². The summed E-state index contributed by atoms with van der Waals surface area (Å²) < 4.78 is 13.4. The third-order valence-electron chi connectivity index (χ3n) is 3.09. The predicted molar refractivity (Wildman–Crippen MR) is 96.5 cm³/mol. The summed E-state index contributed by atoms with van der Waals surface area (Å²) in [5.74, 6) is 1.75. The summed E-state index contributed by atoms with van der Waals surface area (Å²) in [7, 11) is 1.66. The fraction of sp³-hybridized carbons (Fsp3) is 0.250. The van der Waals surface area contributed by atoms with Crippen LogP contribution < -0.4 is 9.47 Å². The Kier molecular flexibility index (Phi) is 6.14. The molecule has 2 nitrogen and oxygen atoms in total. The maximum atomic E-state index is 6.04. The van der Waals surface area contributed by atoms with Crippen molar-refractivity contribution in [2.75, 3.05) is 7.11 Å². The molecule has 0 N–H and O–H groups in total. The second-order valence-corrected chi connectivity index (χ2v) is 6.92. The third-order valence-corrected chi connectivity index (χ3v) is 4.92. The van der Waals surface area contributed by atoms with Crippen LogP contribution in [0.15, 0.2) is 39.3 Å². The summed E-state index contributed by atoms with van der Waals surface area (Å²) in [5, 5.41) is 0.752. The highest BCUT2D eigenvalue weighted by molar-refractivity contribution is 9.10. The summed E-state index contributed by atoms with van der Waals surface area (Å²) in [5.41, 5.74) is 3.29. The number of hydrogen-bond donors (Lipinski definition) is 0. The smallest absolute Gasteiger partial charge is 0.126 e. The van der Waals surface area contributed by atoms with Gasteiger partial charge >= 0.3 is 0 Å². The predicted octanol–water partition coefficient (Wildman–Crippen LogP) is 6.00. The Morgan fingerprint density at radius 2 is 1.81 bits per heavy atom. The van der Waals surface area contributed by atoms with Gasteiger partial charge in [0, 0.05) is 25.4 Å². The highest BCUT2D eigenvalue weighted by Gasteiger charge is 2.10. The molecular weight excluding hydrogens is 464 g/mol. The van der Waals surface area contributed by atoms with E-state index in [1.807, 2.05) is 25.1 Å². The van der Waals surface area contributed by atoms with Crippen LogP contribution in [0.25, 0.3) is 0 Å². The highest BCUT2D eigenvalue weighted by Crippen LogP contribution is 2.31. The van der Waals surface area contributed by atoms with Crippen molar-refractivity contribution < 1.29 is 9.47 Å². The Bertz CT molecular complexity index is 642. The Labute approximate surface area is 150 Å². The first-order valence-electron chi connectivity index (χ1n) is 6.35. The topological polar surface area (TPSA) is 18.5 Å². The van der Waals surface area contributed by atoms with E-state index in [9.17, 15) is 0 Å². The van der Waals surface area contributed by atoms with Crippen molar-refractivity contribution in [3.8, 4) is 11.5 Å². The van der Waals surface area contributed by atoms with Gasteiger partial charge in [-0.2, -0.15) is 0 Å². The summed E-state index contributed by atoms with van der Waals surface area (Å²) in [6.07, 6.45) is 0. The quantitative estimate of drug-likeness (QED) is 0.490. The molecule has 5 heteroatoms. The number of alkyl halides is 1. The van der Waals surface area contributed by atoms with Crippen LogP contribution in [0.2, 0.25) is 0 Å². The van der Waals surface area contributed by atoms with Gasteiger partial charge in [0.05, 0.1) is 7.11 Å². The zero-order valence-electron chi connectivity index (χ0n) is 11.8. The van der Waals surface area contributed by atoms with Crippen LogP contribution in [0.3, 0.4) is 0 Å². The Hall–Kier alpha value is -0.520. The van der Waals surface area contributed by atoms with Crippen molar-refractivity contribution in [3.05, 3.63) is 56.0 Å².